The molecule has 2 unspecified atom stereocenters. The van der Waals surface area contributed by atoms with Gasteiger partial charge in [0.2, 0.25) is 0 Å². The second-order valence-electron chi connectivity index (χ2n) is 3.31. The monoisotopic (exact) mass is 161 g/mol. The second kappa shape index (κ2) is 3.07. The summed E-state index contributed by atoms with van der Waals surface area (Å²) in [5.41, 5.74) is 5.15. The van der Waals surface area contributed by atoms with Gasteiger partial charge in [0.15, 0.2) is 0 Å². The van der Waals surface area contributed by atoms with E-state index in [9.17, 15) is 0 Å². The molecule has 62 valence electrons. The summed E-state index contributed by atoms with van der Waals surface area (Å²) in [6.07, 6.45) is 9.27. The van der Waals surface area contributed by atoms with Crippen molar-refractivity contribution in [3.8, 4) is 0 Å². The van der Waals surface area contributed by atoms with Crippen molar-refractivity contribution in [2.45, 2.75) is 12.5 Å². The molecule has 0 aromatic carbocycles. The Kier molecular flexibility index (Phi) is 1.92. The molecule has 1 aromatic rings. The van der Waals surface area contributed by atoms with Gasteiger partial charge in [0.05, 0.1) is 6.04 Å². The van der Waals surface area contributed by atoms with Gasteiger partial charge in [-0.05, 0) is 11.6 Å². The summed E-state index contributed by atoms with van der Waals surface area (Å²) in [6.45, 7) is 0. The first-order valence-corrected chi connectivity index (χ1v) is 4.27. The zero-order chi connectivity index (χ0) is 8.39. The van der Waals surface area contributed by atoms with E-state index in [1.165, 1.54) is 12.0 Å². The second-order valence-corrected chi connectivity index (χ2v) is 3.31. The van der Waals surface area contributed by atoms with Crippen molar-refractivity contribution in [1.29, 1.82) is 0 Å². The fraction of sp³-hybridized carbons (Fsp3) is 0.300. The minimum atomic E-state index is 0.651. The van der Waals surface area contributed by atoms with E-state index in [0.29, 0.717) is 12.0 Å². The van der Waals surface area contributed by atoms with E-state index in [2.05, 4.69) is 28.9 Å². The van der Waals surface area contributed by atoms with Crippen LogP contribution < -0.4 is 5.73 Å². The fourth-order valence-electron chi connectivity index (χ4n) is 1.22. The largest absolute Gasteiger partial charge is 0.355 e. The zero-order valence-electron chi connectivity index (χ0n) is 6.98. The molecule has 1 aromatic heterocycles. The number of quaternary nitrogens is 1. The van der Waals surface area contributed by atoms with Gasteiger partial charge < -0.3 is 5.73 Å². The van der Waals surface area contributed by atoms with E-state index < -0.39 is 0 Å². The Morgan fingerprint density at radius 3 is 3.00 bits per heavy atom. The van der Waals surface area contributed by atoms with Crippen LogP contribution in [-0.4, -0.2) is 11.0 Å². The highest BCUT2D eigenvalue weighted by molar-refractivity contribution is 5.48. The summed E-state index contributed by atoms with van der Waals surface area (Å²) in [5, 5.41) is 0. The Hall–Kier alpha value is -1.15. The van der Waals surface area contributed by atoms with Crippen LogP contribution in [0.2, 0.25) is 0 Å². The van der Waals surface area contributed by atoms with Gasteiger partial charge in [0, 0.05) is 24.7 Å². The summed E-state index contributed by atoms with van der Waals surface area (Å²) < 4.78 is 0. The van der Waals surface area contributed by atoms with Crippen molar-refractivity contribution < 1.29 is 5.73 Å². The van der Waals surface area contributed by atoms with Gasteiger partial charge in [-0.1, -0.05) is 18.2 Å². The maximum absolute atomic E-state index is 4.04. The molecule has 1 aliphatic carbocycles. The third-order valence-electron chi connectivity index (χ3n) is 2.20. The summed E-state index contributed by atoms with van der Waals surface area (Å²) in [6, 6.07) is 4.66. The van der Waals surface area contributed by atoms with E-state index >= 15 is 0 Å². The third-order valence-corrected chi connectivity index (χ3v) is 2.20. The lowest BCUT2D eigenvalue weighted by atomic mass is 10.2. The number of rotatable bonds is 2. The summed E-state index contributed by atoms with van der Waals surface area (Å²) in [7, 11) is 0. The van der Waals surface area contributed by atoms with Crippen molar-refractivity contribution in [3.63, 3.8) is 0 Å². The Morgan fingerprint density at radius 2 is 2.42 bits per heavy atom. The topological polar surface area (TPSA) is 40.5 Å². The normalized spacial score (nSPS) is 27.8. The highest BCUT2D eigenvalue weighted by atomic mass is 14.7. The van der Waals surface area contributed by atoms with Gasteiger partial charge in [-0.2, -0.15) is 0 Å². The average molecular weight is 161 g/mol. The first-order valence-electron chi connectivity index (χ1n) is 4.27. The molecule has 1 aliphatic rings. The highest BCUT2D eigenvalue weighted by Crippen LogP contribution is 2.27. The van der Waals surface area contributed by atoms with E-state index in [-0.39, 0.29) is 0 Å². The van der Waals surface area contributed by atoms with Crippen molar-refractivity contribution in [1.82, 2.24) is 4.98 Å². The predicted molar refractivity (Wildman–Crippen MR) is 48.1 cm³/mol. The first kappa shape index (κ1) is 7.50. The SMILES string of the molecule is [NH3+]C1CC1C=Cc1cccnc1. The van der Waals surface area contributed by atoms with Gasteiger partial charge >= 0.3 is 0 Å². The molecule has 12 heavy (non-hydrogen) atoms. The zero-order valence-corrected chi connectivity index (χ0v) is 6.98. The molecule has 1 fully saturated rings. The van der Waals surface area contributed by atoms with Crippen LogP contribution in [0.4, 0.5) is 0 Å². The molecule has 3 N–H and O–H groups in total. The predicted octanol–water partition coefficient (Wildman–Crippen LogP) is 0.725. The maximum atomic E-state index is 4.04. The van der Waals surface area contributed by atoms with Crippen LogP contribution in [-0.2, 0) is 0 Å². The molecule has 2 atom stereocenters. The van der Waals surface area contributed by atoms with Crippen molar-refractivity contribution in [2.24, 2.45) is 5.92 Å². The molecule has 0 aliphatic heterocycles. The lowest BCUT2D eigenvalue weighted by molar-refractivity contribution is -0.387. The van der Waals surface area contributed by atoms with E-state index in [0.717, 1.165) is 0 Å². The lowest BCUT2D eigenvalue weighted by Gasteiger charge is -1.88. The Balaban J connectivity index is 1.99. The van der Waals surface area contributed by atoms with E-state index in [1.807, 2.05) is 12.3 Å². The molecule has 2 nitrogen and oxygen atoms in total. The first-order chi connectivity index (χ1) is 5.86. The molecular formula is C10H13N2+. The van der Waals surface area contributed by atoms with Crippen LogP contribution in [0, 0.1) is 5.92 Å². The van der Waals surface area contributed by atoms with Crippen LogP contribution in [0.3, 0.4) is 0 Å². The highest BCUT2D eigenvalue weighted by Gasteiger charge is 2.34. The van der Waals surface area contributed by atoms with Gasteiger partial charge in [-0.15, -0.1) is 0 Å². The minimum absolute atomic E-state index is 0.651. The van der Waals surface area contributed by atoms with Crippen LogP contribution in [0.25, 0.3) is 6.08 Å². The summed E-state index contributed by atoms with van der Waals surface area (Å²) in [5.74, 6) is 0.713. The molecule has 0 bridgehead atoms. The minimum Gasteiger partial charge on any atom is -0.355 e. The molecule has 2 rings (SSSR count). The van der Waals surface area contributed by atoms with Crippen molar-refractivity contribution in [2.75, 3.05) is 0 Å². The van der Waals surface area contributed by atoms with Crippen LogP contribution >= 0.6 is 0 Å². The summed E-state index contributed by atoms with van der Waals surface area (Å²) in [4.78, 5) is 4.04. The van der Waals surface area contributed by atoms with Crippen molar-refractivity contribution in [3.05, 3.63) is 36.2 Å². The van der Waals surface area contributed by atoms with Gasteiger partial charge in [-0.3, -0.25) is 4.98 Å². The smallest absolute Gasteiger partial charge is 0.0917 e. The average Bonchev–Trinajstić information content (AvgIpc) is 2.81. The maximum Gasteiger partial charge on any atom is 0.0917 e. The Bertz CT molecular complexity index is 279. The molecule has 0 spiro atoms. The standard InChI is InChI=1S/C10H12N2/c11-10-6-9(10)4-3-8-2-1-5-12-7-8/h1-5,7,9-10H,6,11H2/p+1. The number of hydrogen-bond donors (Lipinski definition) is 1. The third kappa shape index (κ3) is 1.71. The summed E-state index contributed by atoms with van der Waals surface area (Å²) >= 11 is 0. The molecule has 0 amide bonds. The Morgan fingerprint density at radius 1 is 1.58 bits per heavy atom. The van der Waals surface area contributed by atoms with E-state index in [1.54, 1.807) is 6.20 Å². The number of aromatic nitrogens is 1. The molecule has 0 saturated heterocycles. The number of hydrogen-bond acceptors (Lipinski definition) is 1. The molecule has 1 saturated carbocycles. The van der Waals surface area contributed by atoms with Crippen LogP contribution in [0.1, 0.15) is 12.0 Å². The molecule has 2 heteroatoms. The lowest BCUT2D eigenvalue weighted by Crippen LogP contribution is -2.53. The van der Waals surface area contributed by atoms with E-state index in [4.69, 9.17) is 0 Å². The van der Waals surface area contributed by atoms with Crippen molar-refractivity contribution >= 4 is 6.08 Å². The quantitative estimate of drug-likeness (QED) is 0.682. The van der Waals surface area contributed by atoms with Crippen LogP contribution in [0.15, 0.2) is 30.6 Å². The molecule has 0 radical (unpaired) electrons. The number of nitrogens with zero attached hydrogens (tertiary/aromatic N) is 1. The van der Waals surface area contributed by atoms with Crippen LogP contribution in [0.5, 0.6) is 0 Å². The molecular weight excluding hydrogens is 148 g/mol. The number of pyridine rings is 1. The Labute approximate surface area is 72.1 Å². The fourth-order valence-corrected chi connectivity index (χ4v) is 1.22. The van der Waals surface area contributed by atoms with Gasteiger partial charge in [0.25, 0.3) is 0 Å². The molecule has 1 heterocycles. The van der Waals surface area contributed by atoms with Gasteiger partial charge in [0.1, 0.15) is 0 Å². The van der Waals surface area contributed by atoms with Gasteiger partial charge in [-0.25, -0.2) is 0 Å².